The summed E-state index contributed by atoms with van der Waals surface area (Å²) in [6.07, 6.45) is 1.17. The minimum atomic E-state index is 0.457. The van der Waals surface area contributed by atoms with Crippen molar-refractivity contribution in [1.82, 2.24) is 10.2 Å². The molecule has 4 nitrogen and oxygen atoms in total. The van der Waals surface area contributed by atoms with Gasteiger partial charge in [0.05, 0.1) is 13.2 Å². The number of benzene rings is 1. The van der Waals surface area contributed by atoms with E-state index in [4.69, 9.17) is 9.47 Å². The number of hydrogen-bond donors (Lipinski definition) is 1. The van der Waals surface area contributed by atoms with Gasteiger partial charge in [-0.15, -0.1) is 0 Å². The fourth-order valence-corrected chi connectivity index (χ4v) is 2.69. The molecule has 1 aliphatic heterocycles. The van der Waals surface area contributed by atoms with Crippen LogP contribution in [-0.4, -0.2) is 56.9 Å². The monoisotopic (exact) mass is 356 g/mol. The van der Waals surface area contributed by atoms with Gasteiger partial charge in [-0.3, -0.25) is 4.90 Å². The van der Waals surface area contributed by atoms with Crippen LogP contribution < -0.4 is 10.1 Å². The number of nitrogens with one attached hydrogen (secondary N) is 1. The predicted molar refractivity (Wildman–Crippen MR) is 89.0 cm³/mol. The van der Waals surface area contributed by atoms with E-state index in [1.165, 1.54) is 6.42 Å². The summed E-state index contributed by atoms with van der Waals surface area (Å²) in [5, 5.41) is 3.48. The van der Waals surface area contributed by atoms with Gasteiger partial charge in [-0.25, -0.2) is 0 Å². The van der Waals surface area contributed by atoms with Crippen LogP contribution in [0, 0.1) is 0 Å². The van der Waals surface area contributed by atoms with Crippen LogP contribution >= 0.6 is 15.9 Å². The van der Waals surface area contributed by atoms with Gasteiger partial charge >= 0.3 is 0 Å². The first kappa shape index (κ1) is 16.7. The molecule has 1 heterocycles. The molecule has 0 radical (unpaired) electrons. The first-order valence-corrected chi connectivity index (χ1v) is 8.49. The molecule has 2 rings (SSSR count). The summed E-state index contributed by atoms with van der Waals surface area (Å²) in [7, 11) is 0. The van der Waals surface area contributed by atoms with Gasteiger partial charge in [-0.05, 0) is 37.2 Å². The maximum Gasteiger partial charge on any atom is 0.119 e. The Bertz CT molecular complexity index is 400. The van der Waals surface area contributed by atoms with Crippen molar-refractivity contribution in [1.29, 1.82) is 0 Å². The van der Waals surface area contributed by atoms with Gasteiger partial charge < -0.3 is 14.8 Å². The molecule has 1 aromatic rings. The van der Waals surface area contributed by atoms with Gasteiger partial charge in [0.1, 0.15) is 12.4 Å². The van der Waals surface area contributed by atoms with Crippen molar-refractivity contribution in [2.75, 3.05) is 46.0 Å². The van der Waals surface area contributed by atoms with Crippen LogP contribution in [0.5, 0.6) is 5.75 Å². The van der Waals surface area contributed by atoms with Crippen LogP contribution in [-0.2, 0) is 4.74 Å². The zero-order chi connectivity index (χ0) is 14.9. The highest BCUT2D eigenvalue weighted by atomic mass is 79.9. The molecule has 1 saturated heterocycles. The summed E-state index contributed by atoms with van der Waals surface area (Å²) in [6, 6.07) is 8.44. The molecule has 0 aliphatic carbocycles. The lowest BCUT2D eigenvalue weighted by Crippen LogP contribution is -2.51. The Morgan fingerprint density at radius 3 is 2.95 bits per heavy atom. The van der Waals surface area contributed by atoms with Crippen molar-refractivity contribution in [3.8, 4) is 5.75 Å². The Balaban J connectivity index is 1.72. The second-order valence-electron chi connectivity index (χ2n) is 5.27. The van der Waals surface area contributed by atoms with Crippen LogP contribution in [0.4, 0.5) is 0 Å². The predicted octanol–water partition coefficient (Wildman–Crippen LogP) is 2.53. The van der Waals surface area contributed by atoms with Gasteiger partial charge in [0, 0.05) is 30.1 Å². The summed E-state index contributed by atoms with van der Waals surface area (Å²) in [4.78, 5) is 2.46. The van der Waals surface area contributed by atoms with E-state index in [-0.39, 0.29) is 0 Å². The maximum absolute atomic E-state index is 5.81. The summed E-state index contributed by atoms with van der Waals surface area (Å²) >= 11 is 3.43. The van der Waals surface area contributed by atoms with Crippen LogP contribution in [0.2, 0.25) is 0 Å². The zero-order valence-electron chi connectivity index (χ0n) is 12.7. The normalized spacial score (nSPS) is 19.6. The standard InChI is InChI=1S/C16H25BrN2O2/c1-2-7-18-12-15-13-20-10-8-19(15)9-11-21-16-5-3-14(17)4-6-16/h3-6,15,18H,2,7-13H2,1H3. The molecule has 0 saturated carbocycles. The number of nitrogens with zero attached hydrogens (tertiary/aromatic N) is 1. The first-order chi connectivity index (χ1) is 10.3. The summed E-state index contributed by atoms with van der Waals surface area (Å²) in [6.45, 7) is 8.53. The van der Waals surface area contributed by atoms with Gasteiger partial charge in [0.2, 0.25) is 0 Å². The van der Waals surface area contributed by atoms with Gasteiger partial charge in [0.15, 0.2) is 0 Å². The topological polar surface area (TPSA) is 33.7 Å². The lowest BCUT2D eigenvalue weighted by Gasteiger charge is -2.35. The second-order valence-corrected chi connectivity index (χ2v) is 6.19. The van der Waals surface area contributed by atoms with E-state index in [9.17, 15) is 0 Å². The number of hydrogen-bond acceptors (Lipinski definition) is 4. The highest BCUT2D eigenvalue weighted by Crippen LogP contribution is 2.16. The second kappa shape index (κ2) is 9.41. The molecule has 1 N–H and O–H groups in total. The average molecular weight is 357 g/mol. The van der Waals surface area contributed by atoms with E-state index in [0.29, 0.717) is 12.6 Å². The molecule has 1 atom stereocenters. The Morgan fingerprint density at radius 2 is 2.19 bits per heavy atom. The van der Waals surface area contributed by atoms with Crippen molar-refractivity contribution in [2.45, 2.75) is 19.4 Å². The minimum Gasteiger partial charge on any atom is -0.492 e. The van der Waals surface area contributed by atoms with Gasteiger partial charge in [-0.2, -0.15) is 0 Å². The first-order valence-electron chi connectivity index (χ1n) is 7.70. The summed E-state index contributed by atoms with van der Waals surface area (Å²) < 4.78 is 12.5. The van der Waals surface area contributed by atoms with Crippen molar-refractivity contribution >= 4 is 15.9 Å². The molecule has 1 fully saturated rings. The van der Waals surface area contributed by atoms with Crippen LogP contribution in [0.1, 0.15) is 13.3 Å². The molecular weight excluding hydrogens is 332 g/mol. The van der Waals surface area contributed by atoms with Crippen LogP contribution in [0.25, 0.3) is 0 Å². The summed E-state index contributed by atoms with van der Waals surface area (Å²) in [5.41, 5.74) is 0. The third-order valence-corrected chi connectivity index (χ3v) is 4.15. The lowest BCUT2D eigenvalue weighted by molar-refractivity contribution is -0.0114. The zero-order valence-corrected chi connectivity index (χ0v) is 14.3. The Morgan fingerprint density at radius 1 is 1.38 bits per heavy atom. The van der Waals surface area contributed by atoms with Crippen molar-refractivity contribution in [3.05, 3.63) is 28.7 Å². The van der Waals surface area contributed by atoms with Crippen molar-refractivity contribution in [3.63, 3.8) is 0 Å². The molecule has 5 heteroatoms. The minimum absolute atomic E-state index is 0.457. The SMILES string of the molecule is CCCNCC1COCCN1CCOc1ccc(Br)cc1. The van der Waals surface area contributed by atoms with E-state index < -0.39 is 0 Å². The Hall–Kier alpha value is -0.620. The summed E-state index contributed by atoms with van der Waals surface area (Å²) in [5.74, 6) is 0.923. The largest absolute Gasteiger partial charge is 0.492 e. The molecule has 0 aromatic heterocycles. The number of halogens is 1. The molecule has 0 bridgehead atoms. The van der Waals surface area contributed by atoms with E-state index in [1.807, 2.05) is 24.3 Å². The van der Waals surface area contributed by atoms with Crippen LogP contribution in [0.3, 0.4) is 0 Å². The Kier molecular flexibility index (Phi) is 7.50. The molecule has 0 amide bonds. The average Bonchev–Trinajstić information content (AvgIpc) is 2.51. The lowest BCUT2D eigenvalue weighted by atomic mass is 10.2. The molecule has 1 aliphatic rings. The highest BCUT2D eigenvalue weighted by Gasteiger charge is 2.22. The van der Waals surface area contributed by atoms with Crippen molar-refractivity contribution in [2.24, 2.45) is 0 Å². The molecular formula is C16H25BrN2O2. The van der Waals surface area contributed by atoms with E-state index >= 15 is 0 Å². The number of ether oxygens (including phenoxy) is 2. The van der Waals surface area contributed by atoms with Crippen molar-refractivity contribution < 1.29 is 9.47 Å². The third-order valence-electron chi connectivity index (χ3n) is 3.62. The maximum atomic E-state index is 5.81. The fraction of sp³-hybridized carbons (Fsp3) is 0.625. The quantitative estimate of drug-likeness (QED) is 0.725. The van der Waals surface area contributed by atoms with Crippen LogP contribution in [0.15, 0.2) is 28.7 Å². The fourth-order valence-electron chi connectivity index (χ4n) is 2.43. The molecule has 1 aromatic carbocycles. The molecule has 118 valence electrons. The Labute approximate surface area is 135 Å². The van der Waals surface area contributed by atoms with Gasteiger partial charge in [0.25, 0.3) is 0 Å². The van der Waals surface area contributed by atoms with E-state index in [2.05, 4.69) is 33.1 Å². The smallest absolute Gasteiger partial charge is 0.119 e. The van der Waals surface area contributed by atoms with E-state index in [1.54, 1.807) is 0 Å². The van der Waals surface area contributed by atoms with E-state index in [0.717, 1.165) is 49.6 Å². The number of rotatable bonds is 8. The highest BCUT2D eigenvalue weighted by molar-refractivity contribution is 9.10. The third kappa shape index (κ3) is 5.94. The number of morpholine rings is 1. The molecule has 1 unspecified atom stereocenters. The molecule has 0 spiro atoms. The molecule has 21 heavy (non-hydrogen) atoms. The van der Waals surface area contributed by atoms with Gasteiger partial charge in [-0.1, -0.05) is 22.9 Å².